The van der Waals surface area contributed by atoms with Gasteiger partial charge in [-0.05, 0) is 38.9 Å². The molecule has 5 nitrogen and oxygen atoms in total. The maximum absolute atomic E-state index is 12.7. The zero-order valence-corrected chi connectivity index (χ0v) is 12.9. The van der Waals surface area contributed by atoms with Crippen LogP contribution in [0.25, 0.3) is 0 Å². The number of piperidine rings is 1. The van der Waals surface area contributed by atoms with Crippen molar-refractivity contribution in [3.8, 4) is 0 Å². The maximum atomic E-state index is 12.7. The molecule has 2 fully saturated rings. The molecule has 0 bridgehead atoms. The Balaban J connectivity index is 2.02. The monoisotopic (exact) mass is 281 g/mol. The van der Waals surface area contributed by atoms with E-state index in [0.29, 0.717) is 24.9 Å². The van der Waals surface area contributed by atoms with Crippen molar-refractivity contribution in [1.29, 1.82) is 0 Å². The van der Waals surface area contributed by atoms with Crippen LogP contribution in [0.5, 0.6) is 0 Å². The highest BCUT2D eigenvalue weighted by molar-refractivity contribution is 5.89. The molecular weight excluding hydrogens is 254 g/mol. The first-order valence-corrected chi connectivity index (χ1v) is 7.73. The summed E-state index contributed by atoms with van der Waals surface area (Å²) in [6, 6.07) is 0.344. The highest BCUT2D eigenvalue weighted by Gasteiger charge is 2.35. The first-order valence-electron chi connectivity index (χ1n) is 7.73. The third kappa shape index (κ3) is 3.72. The predicted molar refractivity (Wildman–Crippen MR) is 78.2 cm³/mol. The van der Waals surface area contributed by atoms with Crippen molar-refractivity contribution >= 4 is 11.8 Å². The van der Waals surface area contributed by atoms with Crippen LogP contribution in [-0.2, 0) is 9.59 Å². The Morgan fingerprint density at radius 1 is 1.40 bits per heavy atom. The van der Waals surface area contributed by atoms with Crippen LogP contribution >= 0.6 is 0 Å². The standard InChI is InChI=1S/C15H27N3O2/c1-11(2)10-18(13-4-6-17(3)7-5-13)15(20)12-8-14(19)16-9-12/h11-13H,4-10H2,1-3H3,(H,16,19). The number of carbonyl (C=O) groups excluding carboxylic acids is 2. The molecule has 0 aromatic heterocycles. The number of rotatable bonds is 4. The van der Waals surface area contributed by atoms with Gasteiger partial charge in [0.25, 0.3) is 0 Å². The molecule has 1 N–H and O–H groups in total. The average Bonchev–Trinajstić information content (AvgIpc) is 2.83. The Morgan fingerprint density at radius 3 is 2.55 bits per heavy atom. The smallest absolute Gasteiger partial charge is 0.228 e. The summed E-state index contributed by atoms with van der Waals surface area (Å²) in [6.07, 6.45) is 2.45. The second-order valence-corrected chi connectivity index (χ2v) is 6.62. The number of likely N-dealkylation sites (tertiary alicyclic amines) is 1. The minimum atomic E-state index is -0.152. The number of nitrogens with one attached hydrogen (secondary N) is 1. The number of nitrogens with zero attached hydrogens (tertiary/aromatic N) is 2. The fourth-order valence-corrected chi connectivity index (χ4v) is 3.13. The Bertz CT molecular complexity index is 362. The summed E-state index contributed by atoms with van der Waals surface area (Å²) >= 11 is 0. The van der Waals surface area contributed by atoms with Crippen molar-refractivity contribution in [3.63, 3.8) is 0 Å². The lowest BCUT2D eigenvalue weighted by Gasteiger charge is -2.39. The molecule has 2 aliphatic heterocycles. The minimum absolute atomic E-state index is 0.0104. The van der Waals surface area contributed by atoms with E-state index >= 15 is 0 Å². The molecule has 2 aliphatic rings. The van der Waals surface area contributed by atoms with E-state index in [0.717, 1.165) is 32.5 Å². The maximum Gasteiger partial charge on any atom is 0.228 e. The van der Waals surface area contributed by atoms with Gasteiger partial charge in [0.2, 0.25) is 11.8 Å². The third-order valence-corrected chi connectivity index (χ3v) is 4.30. The molecule has 0 aromatic rings. The fourth-order valence-electron chi connectivity index (χ4n) is 3.13. The van der Waals surface area contributed by atoms with E-state index in [1.807, 2.05) is 0 Å². The lowest BCUT2D eigenvalue weighted by Crippen LogP contribution is -2.50. The van der Waals surface area contributed by atoms with Crippen LogP contribution in [0.1, 0.15) is 33.1 Å². The molecule has 2 heterocycles. The van der Waals surface area contributed by atoms with Gasteiger partial charge < -0.3 is 15.1 Å². The SMILES string of the molecule is CC(C)CN(C(=O)C1CNC(=O)C1)C1CCN(C)CC1. The average molecular weight is 281 g/mol. The van der Waals surface area contributed by atoms with E-state index in [1.165, 1.54) is 0 Å². The molecule has 0 radical (unpaired) electrons. The molecule has 2 saturated heterocycles. The molecule has 1 atom stereocenters. The van der Waals surface area contributed by atoms with Gasteiger partial charge in [-0.25, -0.2) is 0 Å². The molecule has 2 amide bonds. The fraction of sp³-hybridized carbons (Fsp3) is 0.867. The van der Waals surface area contributed by atoms with Crippen LogP contribution in [-0.4, -0.2) is 60.9 Å². The summed E-state index contributed by atoms with van der Waals surface area (Å²) in [7, 11) is 2.13. The number of carbonyl (C=O) groups is 2. The van der Waals surface area contributed by atoms with Crippen LogP contribution in [0.15, 0.2) is 0 Å². The Kier molecular flexibility index (Phi) is 5.02. The largest absolute Gasteiger partial charge is 0.355 e. The van der Waals surface area contributed by atoms with Gasteiger partial charge >= 0.3 is 0 Å². The summed E-state index contributed by atoms with van der Waals surface area (Å²) in [6.45, 7) is 7.71. The van der Waals surface area contributed by atoms with E-state index in [1.54, 1.807) is 0 Å². The van der Waals surface area contributed by atoms with Gasteiger partial charge in [0.1, 0.15) is 0 Å². The van der Waals surface area contributed by atoms with E-state index in [2.05, 4.69) is 36.0 Å². The van der Waals surface area contributed by atoms with Crippen LogP contribution in [0.2, 0.25) is 0 Å². The summed E-state index contributed by atoms with van der Waals surface area (Å²) in [5.41, 5.74) is 0. The van der Waals surface area contributed by atoms with Crippen molar-refractivity contribution in [1.82, 2.24) is 15.1 Å². The van der Waals surface area contributed by atoms with Gasteiger partial charge in [-0.15, -0.1) is 0 Å². The van der Waals surface area contributed by atoms with Gasteiger partial charge in [-0.2, -0.15) is 0 Å². The molecule has 0 spiro atoms. The first kappa shape index (κ1) is 15.3. The van der Waals surface area contributed by atoms with Gasteiger partial charge in [-0.1, -0.05) is 13.8 Å². The second kappa shape index (κ2) is 6.57. The van der Waals surface area contributed by atoms with Crippen molar-refractivity contribution in [2.24, 2.45) is 11.8 Å². The summed E-state index contributed by atoms with van der Waals surface area (Å²) in [4.78, 5) is 28.4. The zero-order chi connectivity index (χ0) is 14.7. The molecular formula is C15H27N3O2. The van der Waals surface area contributed by atoms with E-state index in [-0.39, 0.29) is 17.7 Å². The van der Waals surface area contributed by atoms with Gasteiger partial charge in [0.05, 0.1) is 5.92 Å². The van der Waals surface area contributed by atoms with Crippen LogP contribution in [0.4, 0.5) is 0 Å². The summed E-state index contributed by atoms with van der Waals surface area (Å²) in [5, 5.41) is 2.77. The van der Waals surface area contributed by atoms with Gasteiger partial charge in [-0.3, -0.25) is 9.59 Å². The summed E-state index contributed by atoms with van der Waals surface area (Å²) in [5.74, 6) is 0.493. The number of hydrogen-bond acceptors (Lipinski definition) is 3. The lowest BCUT2D eigenvalue weighted by molar-refractivity contribution is -0.139. The highest BCUT2D eigenvalue weighted by atomic mass is 16.2. The summed E-state index contributed by atoms with van der Waals surface area (Å²) < 4.78 is 0. The van der Waals surface area contributed by atoms with Crippen molar-refractivity contribution in [3.05, 3.63) is 0 Å². The van der Waals surface area contributed by atoms with Crippen LogP contribution in [0.3, 0.4) is 0 Å². The molecule has 0 saturated carbocycles. The van der Waals surface area contributed by atoms with E-state index < -0.39 is 0 Å². The first-order chi connectivity index (χ1) is 9.47. The number of amides is 2. The molecule has 20 heavy (non-hydrogen) atoms. The van der Waals surface area contributed by atoms with Crippen molar-refractivity contribution < 1.29 is 9.59 Å². The molecule has 114 valence electrons. The van der Waals surface area contributed by atoms with Crippen molar-refractivity contribution in [2.75, 3.05) is 33.2 Å². The topological polar surface area (TPSA) is 52.7 Å². The Hall–Kier alpha value is -1.10. The highest BCUT2D eigenvalue weighted by Crippen LogP contribution is 2.22. The quantitative estimate of drug-likeness (QED) is 0.825. The van der Waals surface area contributed by atoms with Crippen LogP contribution < -0.4 is 5.32 Å². The predicted octanol–water partition coefficient (Wildman–Crippen LogP) is 0.701. The molecule has 5 heteroatoms. The van der Waals surface area contributed by atoms with Gasteiger partial charge in [0.15, 0.2) is 0 Å². The van der Waals surface area contributed by atoms with E-state index in [9.17, 15) is 9.59 Å². The second-order valence-electron chi connectivity index (χ2n) is 6.62. The Labute approximate surface area is 121 Å². The minimum Gasteiger partial charge on any atom is -0.355 e. The van der Waals surface area contributed by atoms with E-state index in [4.69, 9.17) is 0 Å². The van der Waals surface area contributed by atoms with Crippen LogP contribution in [0, 0.1) is 11.8 Å². The zero-order valence-electron chi connectivity index (χ0n) is 12.9. The molecule has 1 unspecified atom stereocenters. The third-order valence-electron chi connectivity index (χ3n) is 4.30. The molecule has 0 aromatic carbocycles. The Morgan fingerprint density at radius 2 is 2.05 bits per heavy atom. The van der Waals surface area contributed by atoms with Crippen molar-refractivity contribution in [2.45, 2.75) is 39.2 Å². The molecule has 2 rings (SSSR count). The number of hydrogen-bond donors (Lipinski definition) is 1. The molecule has 0 aliphatic carbocycles. The normalized spacial score (nSPS) is 25.0. The van der Waals surface area contributed by atoms with Gasteiger partial charge in [0, 0.05) is 25.6 Å². The lowest BCUT2D eigenvalue weighted by atomic mass is 9.98.